The molecule has 2 fully saturated rings. The first-order valence-electron chi connectivity index (χ1n) is 8.34. The zero-order valence-corrected chi connectivity index (χ0v) is 13.6. The molecule has 6 heteroatoms. The fourth-order valence-electron chi connectivity index (χ4n) is 3.55. The van der Waals surface area contributed by atoms with Gasteiger partial charge in [0.05, 0.1) is 12.2 Å². The number of anilines is 1. The van der Waals surface area contributed by atoms with E-state index < -0.39 is 6.10 Å². The molecule has 6 nitrogen and oxygen atoms in total. The number of amides is 1. The number of hydrogen-bond acceptors (Lipinski definition) is 5. The lowest BCUT2D eigenvalue weighted by Gasteiger charge is -2.39. The second-order valence-electron chi connectivity index (χ2n) is 6.35. The van der Waals surface area contributed by atoms with E-state index in [-0.39, 0.29) is 17.9 Å². The van der Waals surface area contributed by atoms with E-state index in [1.165, 1.54) is 0 Å². The van der Waals surface area contributed by atoms with E-state index in [0.717, 1.165) is 38.4 Å². The molecule has 1 aliphatic carbocycles. The lowest BCUT2D eigenvalue weighted by Crippen LogP contribution is -2.52. The van der Waals surface area contributed by atoms with Crippen molar-refractivity contribution in [1.29, 1.82) is 0 Å². The van der Waals surface area contributed by atoms with Crippen molar-refractivity contribution < 1.29 is 14.6 Å². The monoisotopic (exact) mass is 319 g/mol. The minimum atomic E-state index is -0.440. The number of aliphatic hydroxyl groups is 1. The van der Waals surface area contributed by atoms with Crippen LogP contribution in [0.5, 0.6) is 0 Å². The number of methoxy groups -OCH3 is 1. The summed E-state index contributed by atoms with van der Waals surface area (Å²) in [5, 5.41) is 9.88. The Kier molecular flexibility index (Phi) is 5.13. The molecule has 0 aromatic carbocycles. The number of hydrogen-bond donors (Lipinski definition) is 1. The molecule has 0 unspecified atom stereocenters. The quantitative estimate of drug-likeness (QED) is 0.897. The number of aromatic nitrogens is 1. The van der Waals surface area contributed by atoms with E-state index in [9.17, 15) is 9.90 Å². The lowest BCUT2D eigenvalue weighted by atomic mass is 9.84. The van der Waals surface area contributed by atoms with Gasteiger partial charge in [-0.3, -0.25) is 4.79 Å². The van der Waals surface area contributed by atoms with E-state index in [1.807, 2.05) is 23.1 Å². The minimum Gasteiger partial charge on any atom is -0.390 e. The van der Waals surface area contributed by atoms with Gasteiger partial charge >= 0.3 is 0 Å². The Balaban J connectivity index is 1.54. The Morgan fingerprint density at radius 3 is 2.70 bits per heavy atom. The van der Waals surface area contributed by atoms with E-state index in [2.05, 4.69) is 9.88 Å². The number of pyridine rings is 1. The van der Waals surface area contributed by atoms with Crippen molar-refractivity contribution in [1.82, 2.24) is 9.88 Å². The van der Waals surface area contributed by atoms with Crippen LogP contribution in [0.1, 0.15) is 19.3 Å². The summed E-state index contributed by atoms with van der Waals surface area (Å²) < 4.78 is 5.31. The van der Waals surface area contributed by atoms with Gasteiger partial charge in [0.2, 0.25) is 5.91 Å². The van der Waals surface area contributed by atoms with Gasteiger partial charge in [0.25, 0.3) is 0 Å². The van der Waals surface area contributed by atoms with E-state index in [0.29, 0.717) is 12.8 Å². The van der Waals surface area contributed by atoms with Gasteiger partial charge in [-0.25, -0.2) is 4.98 Å². The van der Waals surface area contributed by atoms with Crippen LogP contribution >= 0.6 is 0 Å². The van der Waals surface area contributed by atoms with E-state index >= 15 is 0 Å². The van der Waals surface area contributed by atoms with Gasteiger partial charge in [0.15, 0.2) is 0 Å². The molecule has 1 saturated heterocycles. The number of aliphatic hydroxyl groups excluding tert-OH is 1. The Morgan fingerprint density at radius 1 is 1.26 bits per heavy atom. The highest BCUT2D eigenvalue weighted by atomic mass is 16.5. The summed E-state index contributed by atoms with van der Waals surface area (Å²) in [6, 6.07) is 5.90. The first-order valence-corrected chi connectivity index (χ1v) is 8.34. The van der Waals surface area contributed by atoms with Crippen molar-refractivity contribution in [3.8, 4) is 0 Å². The maximum absolute atomic E-state index is 12.7. The first kappa shape index (κ1) is 16.2. The van der Waals surface area contributed by atoms with Gasteiger partial charge < -0.3 is 19.6 Å². The summed E-state index contributed by atoms with van der Waals surface area (Å²) in [6.45, 7) is 3.08. The summed E-state index contributed by atoms with van der Waals surface area (Å²) in [5.41, 5.74) is 0. The molecule has 1 saturated carbocycles. The fourth-order valence-corrected chi connectivity index (χ4v) is 3.55. The second kappa shape index (κ2) is 7.27. The van der Waals surface area contributed by atoms with Gasteiger partial charge in [-0.1, -0.05) is 6.07 Å². The number of carbonyl (C=O) groups is 1. The Labute approximate surface area is 137 Å². The molecule has 2 heterocycles. The number of nitrogens with zero attached hydrogens (tertiary/aromatic N) is 3. The molecule has 1 aromatic rings. The van der Waals surface area contributed by atoms with Gasteiger partial charge in [-0.2, -0.15) is 0 Å². The summed E-state index contributed by atoms with van der Waals surface area (Å²) in [4.78, 5) is 21.3. The summed E-state index contributed by atoms with van der Waals surface area (Å²) in [6.07, 6.45) is 3.16. The minimum absolute atomic E-state index is 0.0234. The van der Waals surface area contributed by atoms with Gasteiger partial charge in [-0.05, 0) is 31.4 Å². The van der Waals surface area contributed by atoms with Crippen LogP contribution in [0.4, 0.5) is 5.82 Å². The molecule has 3 atom stereocenters. The second-order valence-corrected chi connectivity index (χ2v) is 6.35. The topological polar surface area (TPSA) is 65.9 Å². The maximum atomic E-state index is 12.7. The molecule has 2 aliphatic rings. The third kappa shape index (κ3) is 3.64. The van der Waals surface area contributed by atoms with Crippen molar-refractivity contribution in [3.63, 3.8) is 0 Å². The van der Waals surface area contributed by atoms with Gasteiger partial charge in [-0.15, -0.1) is 0 Å². The Hall–Kier alpha value is -1.66. The van der Waals surface area contributed by atoms with Crippen LogP contribution < -0.4 is 4.90 Å². The largest absolute Gasteiger partial charge is 0.390 e. The van der Waals surface area contributed by atoms with Crippen LogP contribution in [0.3, 0.4) is 0 Å². The molecule has 23 heavy (non-hydrogen) atoms. The first-order chi connectivity index (χ1) is 11.2. The molecule has 0 bridgehead atoms. The summed E-state index contributed by atoms with van der Waals surface area (Å²) in [7, 11) is 1.60. The third-order valence-electron chi connectivity index (χ3n) is 4.97. The molecular weight excluding hydrogens is 294 g/mol. The fraction of sp³-hybridized carbons (Fsp3) is 0.647. The Bertz CT molecular complexity index is 517. The summed E-state index contributed by atoms with van der Waals surface area (Å²) >= 11 is 0. The van der Waals surface area contributed by atoms with Crippen LogP contribution in [-0.4, -0.2) is 66.4 Å². The number of rotatable bonds is 3. The summed E-state index contributed by atoms with van der Waals surface area (Å²) in [5.74, 6) is 1.16. The molecule has 1 amide bonds. The normalized spacial score (nSPS) is 28.7. The smallest absolute Gasteiger partial charge is 0.225 e. The Morgan fingerprint density at radius 2 is 2.04 bits per heavy atom. The molecule has 0 spiro atoms. The van der Waals surface area contributed by atoms with Crippen LogP contribution in [0, 0.1) is 5.92 Å². The molecule has 126 valence electrons. The predicted octanol–water partition coefficient (Wildman–Crippen LogP) is 0.906. The van der Waals surface area contributed by atoms with Crippen molar-refractivity contribution in [2.24, 2.45) is 5.92 Å². The van der Waals surface area contributed by atoms with Crippen molar-refractivity contribution in [3.05, 3.63) is 24.4 Å². The standard InChI is InChI=1S/C17H25N3O3/c1-23-15-12-13(5-6-14(15)21)17(22)20-10-8-19(9-11-20)16-4-2-3-7-18-16/h2-4,7,13-15,21H,5-6,8-12H2,1H3/t13-,14+,15-/m1/s1. The highest BCUT2D eigenvalue weighted by Crippen LogP contribution is 2.28. The molecule has 1 aromatic heterocycles. The van der Waals surface area contributed by atoms with Crippen LogP contribution in [0.25, 0.3) is 0 Å². The van der Waals surface area contributed by atoms with E-state index in [1.54, 1.807) is 13.3 Å². The number of carbonyl (C=O) groups excluding carboxylic acids is 1. The highest BCUT2D eigenvalue weighted by Gasteiger charge is 2.35. The highest BCUT2D eigenvalue weighted by molar-refractivity contribution is 5.79. The van der Waals surface area contributed by atoms with Crippen LogP contribution in [0.2, 0.25) is 0 Å². The molecule has 3 rings (SSSR count). The lowest BCUT2D eigenvalue weighted by molar-refractivity contribution is -0.141. The predicted molar refractivity (Wildman–Crippen MR) is 87.2 cm³/mol. The van der Waals surface area contributed by atoms with Crippen molar-refractivity contribution in [2.45, 2.75) is 31.5 Å². The SMILES string of the molecule is CO[C@@H]1C[C@H](C(=O)N2CCN(c3ccccn3)CC2)CC[C@@H]1O. The van der Waals surface area contributed by atoms with Crippen LogP contribution in [0.15, 0.2) is 24.4 Å². The van der Waals surface area contributed by atoms with Crippen LogP contribution in [-0.2, 0) is 9.53 Å². The molecule has 0 radical (unpaired) electrons. The number of ether oxygens (including phenoxy) is 1. The van der Waals surface area contributed by atoms with Gasteiger partial charge in [0, 0.05) is 45.4 Å². The van der Waals surface area contributed by atoms with Gasteiger partial charge in [0.1, 0.15) is 5.82 Å². The van der Waals surface area contributed by atoms with Crippen molar-refractivity contribution >= 4 is 11.7 Å². The van der Waals surface area contributed by atoms with Crippen molar-refractivity contribution in [2.75, 3.05) is 38.2 Å². The maximum Gasteiger partial charge on any atom is 0.225 e. The zero-order valence-electron chi connectivity index (χ0n) is 13.6. The number of piperazine rings is 1. The van der Waals surface area contributed by atoms with E-state index in [4.69, 9.17) is 4.74 Å². The average molecular weight is 319 g/mol. The average Bonchev–Trinajstić information content (AvgIpc) is 2.62. The third-order valence-corrected chi connectivity index (χ3v) is 4.97. The molecular formula is C17H25N3O3. The molecule has 1 aliphatic heterocycles. The molecule has 1 N–H and O–H groups in total. The zero-order chi connectivity index (χ0) is 16.2.